The smallest absolute Gasteiger partial charge is 0.323 e. The molecular formula is C11H21N5O2. The summed E-state index contributed by atoms with van der Waals surface area (Å²) in [6.45, 7) is 4.07. The number of nitrogens with one attached hydrogen (secondary N) is 2. The Labute approximate surface area is 107 Å². The lowest BCUT2D eigenvalue weighted by Crippen LogP contribution is -2.11. The van der Waals surface area contributed by atoms with Gasteiger partial charge in [-0.1, -0.05) is 6.92 Å². The lowest BCUT2D eigenvalue weighted by Gasteiger charge is -2.08. The Morgan fingerprint density at radius 3 is 2.56 bits per heavy atom. The zero-order valence-corrected chi connectivity index (χ0v) is 11.2. The lowest BCUT2D eigenvalue weighted by atomic mass is 10.4. The molecule has 0 aliphatic rings. The van der Waals surface area contributed by atoms with Crippen molar-refractivity contribution in [2.24, 2.45) is 0 Å². The number of anilines is 2. The van der Waals surface area contributed by atoms with Crippen LogP contribution in [-0.4, -0.2) is 48.9 Å². The van der Waals surface area contributed by atoms with E-state index in [9.17, 15) is 0 Å². The maximum atomic E-state index is 5.40. The lowest BCUT2D eigenvalue weighted by molar-refractivity contribution is 0.197. The maximum Gasteiger partial charge on any atom is 0.323 e. The monoisotopic (exact) mass is 255 g/mol. The third-order valence-electron chi connectivity index (χ3n) is 2.08. The van der Waals surface area contributed by atoms with Gasteiger partial charge in [0.05, 0.1) is 6.61 Å². The van der Waals surface area contributed by atoms with Gasteiger partial charge in [0.1, 0.15) is 0 Å². The number of aromatic nitrogens is 3. The highest BCUT2D eigenvalue weighted by atomic mass is 16.5. The molecule has 102 valence electrons. The molecule has 1 aromatic heterocycles. The summed E-state index contributed by atoms with van der Waals surface area (Å²) in [6, 6.07) is 0.338. The molecule has 7 heteroatoms. The van der Waals surface area contributed by atoms with E-state index >= 15 is 0 Å². The number of rotatable bonds is 9. The van der Waals surface area contributed by atoms with E-state index in [4.69, 9.17) is 9.47 Å². The summed E-state index contributed by atoms with van der Waals surface area (Å²) in [6.07, 6.45) is 1.80. The van der Waals surface area contributed by atoms with Crippen molar-refractivity contribution in [3.63, 3.8) is 0 Å². The largest absolute Gasteiger partial charge is 0.463 e. The first-order valence-electron chi connectivity index (χ1n) is 6.09. The van der Waals surface area contributed by atoms with Crippen molar-refractivity contribution in [1.82, 2.24) is 15.0 Å². The molecule has 1 aromatic rings. The van der Waals surface area contributed by atoms with Crippen molar-refractivity contribution < 1.29 is 9.47 Å². The summed E-state index contributed by atoms with van der Waals surface area (Å²) in [5.74, 6) is 1.00. The third kappa shape index (κ3) is 5.13. The van der Waals surface area contributed by atoms with E-state index in [2.05, 4.69) is 25.6 Å². The molecule has 0 aromatic carbocycles. The van der Waals surface area contributed by atoms with Crippen LogP contribution in [0.15, 0.2) is 0 Å². The zero-order valence-electron chi connectivity index (χ0n) is 11.2. The summed E-state index contributed by atoms with van der Waals surface area (Å²) in [7, 11) is 3.44. The molecule has 0 saturated carbocycles. The van der Waals surface area contributed by atoms with Crippen molar-refractivity contribution in [2.75, 3.05) is 44.5 Å². The molecule has 0 bridgehead atoms. The molecular weight excluding hydrogens is 234 g/mol. The number of hydrogen-bond donors (Lipinski definition) is 2. The highest BCUT2D eigenvalue weighted by molar-refractivity contribution is 5.35. The van der Waals surface area contributed by atoms with Crippen molar-refractivity contribution in [3.05, 3.63) is 0 Å². The average Bonchev–Trinajstić information content (AvgIpc) is 2.41. The van der Waals surface area contributed by atoms with Gasteiger partial charge in [0.25, 0.3) is 0 Å². The molecule has 0 unspecified atom stereocenters. The van der Waals surface area contributed by atoms with Gasteiger partial charge in [-0.15, -0.1) is 0 Å². The van der Waals surface area contributed by atoms with Gasteiger partial charge in [-0.2, -0.15) is 15.0 Å². The van der Waals surface area contributed by atoms with Crippen LogP contribution in [0.25, 0.3) is 0 Å². The minimum atomic E-state index is 0.338. The first-order chi connectivity index (χ1) is 8.80. The van der Waals surface area contributed by atoms with Crippen LogP contribution in [0.4, 0.5) is 11.9 Å². The molecule has 0 amide bonds. The SMILES string of the molecule is CCCOc1nc(NC)nc(NCCCOC)n1. The summed E-state index contributed by atoms with van der Waals surface area (Å²) in [4.78, 5) is 12.5. The first-order valence-corrected chi connectivity index (χ1v) is 6.09. The Morgan fingerprint density at radius 1 is 1.11 bits per heavy atom. The minimum absolute atomic E-state index is 0.338. The minimum Gasteiger partial charge on any atom is -0.463 e. The molecule has 0 spiro atoms. The molecule has 0 atom stereocenters. The topological polar surface area (TPSA) is 81.2 Å². The van der Waals surface area contributed by atoms with Crippen LogP contribution in [0, 0.1) is 0 Å². The van der Waals surface area contributed by atoms with Gasteiger partial charge in [-0.05, 0) is 12.8 Å². The predicted molar refractivity (Wildman–Crippen MR) is 70.1 cm³/mol. The van der Waals surface area contributed by atoms with Crippen molar-refractivity contribution in [3.8, 4) is 6.01 Å². The molecule has 0 saturated heterocycles. The highest BCUT2D eigenvalue weighted by Gasteiger charge is 2.05. The molecule has 0 aliphatic heterocycles. The first kappa shape index (κ1) is 14.4. The molecule has 7 nitrogen and oxygen atoms in total. The number of hydrogen-bond acceptors (Lipinski definition) is 7. The summed E-state index contributed by atoms with van der Waals surface area (Å²) >= 11 is 0. The zero-order chi connectivity index (χ0) is 13.2. The molecule has 2 N–H and O–H groups in total. The quantitative estimate of drug-likeness (QED) is 0.640. The van der Waals surface area contributed by atoms with Crippen LogP contribution in [-0.2, 0) is 4.74 Å². The van der Waals surface area contributed by atoms with E-state index in [0.717, 1.165) is 19.4 Å². The normalized spacial score (nSPS) is 10.2. The summed E-state index contributed by atoms with van der Waals surface area (Å²) in [5.41, 5.74) is 0. The van der Waals surface area contributed by atoms with Crippen LogP contribution in [0.2, 0.25) is 0 Å². The number of nitrogens with zero attached hydrogens (tertiary/aromatic N) is 3. The van der Waals surface area contributed by atoms with E-state index in [0.29, 0.717) is 31.1 Å². The maximum absolute atomic E-state index is 5.40. The second-order valence-electron chi connectivity index (χ2n) is 3.64. The van der Waals surface area contributed by atoms with Crippen molar-refractivity contribution in [2.45, 2.75) is 19.8 Å². The van der Waals surface area contributed by atoms with Crippen LogP contribution >= 0.6 is 0 Å². The van der Waals surface area contributed by atoms with Crippen LogP contribution in [0.5, 0.6) is 6.01 Å². The molecule has 0 aliphatic carbocycles. The second-order valence-corrected chi connectivity index (χ2v) is 3.64. The van der Waals surface area contributed by atoms with Crippen LogP contribution < -0.4 is 15.4 Å². The molecule has 0 radical (unpaired) electrons. The molecule has 0 fully saturated rings. The van der Waals surface area contributed by atoms with Crippen LogP contribution in [0.1, 0.15) is 19.8 Å². The number of ether oxygens (including phenoxy) is 2. The second kappa shape index (κ2) is 8.46. The van der Waals surface area contributed by atoms with Gasteiger partial charge in [-0.25, -0.2) is 0 Å². The third-order valence-corrected chi connectivity index (χ3v) is 2.08. The summed E-state index contributed by atoms with van der Waals surface area (Å²) < 4.78 is 10.4. The predicted octanol–water partition coefficient (Wildman–Crippen LogP) is 1.15. The van der Waals surface area contributed by atoms with Gasteiger partial charge in [0.15, 0.2) is 0 Å². The van der Waals surface area contributed by atoms with Crippen LogP contribution in [0.3, 0.4) is 0 Å². The fraction of sp³-hybridized carbons (Fsp3) is 0.727. The fourth-order valence-corrected chi connectivity index (χ4v) is 1.22. The van der Waals surface area contributed by atoms with E-state index in [1.807, 2.05) is 6.92 Å². The molecule has 1 rings (SSSR count). The Hall–Kier alpha value is -1.63. The standard InChI is InChI=1S/C11H21N5O2/c1-4-7-18-11-15-9(12-2)14-10(16-11)13-6-5-8-17-3/h4-8H2,1-3H3,(H2,12,13,14,15,16). The van der Waals surface area contributed by atoms with Gasteiger partial charge in [0.2, 0.25) is 11.9 Å². The Morgan fingerprint density at radius 2 is 1.89 bits per heavy atom. The highest BCUT2D eigenvalue weighted by Crippen LogP contribution is 2.10. The average molecular weight is 255 g/mol. The summed E-state index contributed by atoms with van der Waals surface area (Å²) in [5, 5.41) is 5.99. The van der Waals surface area contributed by atoms with Gasteiger partial charge < -0.3 is 20.1 Å². The van der Waals surface area contributed by atoms with E-state index in [1.165, 1.54) is 0 Å². The van der Waals surface area contributed by atoms with Gasteiger partial charge in [-0.3, -0.25) is 0 Å². The molecule has 18 heavy (non-hydrogen) atoms. The van der Waals surface area contributed by atoms with E-state index in [1.54, 1.807) is 14.2 Å². The Kier molecular flexibility index (Phi) is 6.78. The van der Waals surface area contributed by atoms with Gasteiger partial charge in [0, 0.05) is 27.3 Å². The fourth-order valence-electron chi connectivity index (χ4n) is 1.22. The Bertz CT molecular complexity index is 348. The number of methoxy groups -OCH3 is 1. The van der Waals surface area contributed by atoms with Gasteiger partial charge >= 0.3 is 6.01 Å². The van der Waals surface area contributed by atoms with Crippen molar-refractivity contribution >= 4 is 11.9 Å². The van der Waals surface area contributed by atoms with E-state index in [-0.39, 0.29) is 0 Å². The van der Waals surface area contributed by atoms with Crippen molar-refractivity contribution in [1.29, 1.82) is 0 Å². The van der Waals surface area contributed by atoms with E-state index < -0.39 is 0 Å². The molecule has 1 heterocycles. The Balaban J connectivity index is 2.58.